The molecule has 0 atom stereocenters. The molecule has 90 valence electrons. The van der Waals surface area contributed by atoms with Gasteiger partial charge in [0.2, 0.25) is 0 Å². The van der Waals surface area contributed by atoms with E-state index in [-0.39, 0.29) is 5.75 Å². The summed E-state index contributed by atoms with van der Waals surface area (Å²) in [6.45, 7) is 1.32. The molecule has 2 rings (SSSR count). The molecule has 0 bridgehead atoms. The van der Waals surface area contributed by atoms with Gasteiger partial charge in [0.05, 0.1) is 3.79 Å². The summed E-state index contributed by atoms with van der Waals surface area (Å²) in [4.78, 5) is 1.24. The van der Waals surface area contributed by atoms with E-state index in [1.165, 1.54) is 4.88 Å². The average molecular weight is 333 g/mol. The van der Waals surface area contributed by atoms with Crippen LogP contribution in [-0.4, -0.2) is 5.11 Å². The van der Waals surface area contributed by atoms with Crippen molar-refractivity contribution in [3.63, 3.8) is 0 Å². The van der Waals surface area contributed by atoms with E-state index in [0.717, 1.165) is 15.9 Å². The van der Waals surface area contributed by atoms with Crippen molar-refractivity contribution in [3.05, 3.63) is 49.6 Å². The molecule has 0 radical (unpaired) electrons. The first kappa shape index (κ1) is 12.9. The molecule has 0 aliphatic rings. The molecule has 17 heavy (non-hydrogen) atoms. The van der Waals surface area contributed by atoms with Crippen LogP contribution in [0.3, 0.4) is 0 Å². The van der Waals surface area contributed by atoms with Gasteiger partial charge in [-0.3, -0.25) is 0 Å². The number of phenolic OH excluding ortho intramolecular Hbond substituents is 1. The number of hydrogen-bond donors (Lipinski definition) is 2. The maximum atomic E-state index is 9.66. The molecule has 2 nitrogen and oxygen atoms in total. The molecule has 0 aliphatic carbocycles. The molecule has 0 spiro atoms. The van der Waals surface area contributed by atoms with Crippen LogP contribution in [0.2, 0.25) is 5.02 Å². The van der Waals surface area contributed by atoms with Gasteiger partial charge in [-0.2, -0.15) is 0 Å². The van der Waals surface area contributed by atoms with Gasteiger partial charge in [0.25, 0.3) is 0 Å². The van der Waals surface area contributed by atoms with Crippen LogP contribution in [-0.2, 0) is 13.1 Å². The first-order chi connectivity index (χ1) is 8.16. The van der Waals surface area contributed by atoms with Crippen LogP contribution in [0.15, 0.2) is 34.1 Å². The highest BCUT2D eigenvalue weighted by Crippen LogP contribution is 2.25. The van der Waals surface area contributed by atoms with E-state index >= 15 is 0 Å². The first-order valence-electron chi connectivity index (χ1n) is 5.08. The summed E-state index contributed by atoms with van der Waals surface area (Å²) < 4.78 is 1.12. The fourth-order valence-corrected chi connectivity index (χ4v) is 3.17. The molecule has 0 unspecified atom stereocenters. The Labute approximate surface area is 117 Å². The van der Waals surface area contributed by atoms with E-state index in [0.29, 0.717) is 11.6 Å². The zero-order valence-corrected chi connectivity index (χ0v) is 12.1. The van der Waals surface area contributed by atoms with Crippen molar-refractivity contribution in [1.82, 2.24) is 5.32 Å². The third kappa shape index (κ3) is 3.45. The topological polar surface area (TPSA) is 32.3 Å². The Bertz CT molecular complexity index is 495. The SMILES string of the molecule is Oc1cccc(Cl)c1CNCc1ccc(Br)s1. The van der Waals surface area contributed by atoms with Gasteiger partial charge >= 0.3 is 0 Å². The quantitative estimate of drug-likeness (QED) is 0.881. The Morgan fingerprint density at radius 1 is 1.24 bits per heavy atom. The molecule has 0 fully saturated rings. The Morgan fingerprint density at radius 3 is 2.71 bits per heavy atom. The predicted molar refractivity (Wildman–Crippen MR) is 75.7 cm³/mol. The smallest absolute Gasteiger partial charge is 0.121 e. The minimum absolute atomic E-state index is 0.234. The van der Waals surface area contributed by atoms with Crippen LogP contribution in [0.5, 0.6) is 5.75 Å². The van der Waals surface area contributed by atoms with Gasteiger partial charge < -0.3 is 10.4 Å². The highest BCUT2D eigenvalue weighted by Gasteiger charge is 2.05. The zero-order chi connectivity index (χ0) is 12.3. The Kier molecular flexibility index (Phi) is 4.45. The van der Waals surface area contributed by atoms with Gasteiger partial charge in [0.15, 0.2) is 0 Å². The molecular weight excluding hydrogens is 322 g/mol. The molecule has 2 aromatic rings. The minimum atomic E-state index is 0.234. The molecule has 0 aliphatic heterocycles. The second-order valence-corrected chi connectivity index (χ2v) is 6.50. The lowest BCUT2D eigenvalue weighted by Crippen LogP contribution is -2.12. The molecule has 5 heteroatoms. The number of hydrogen-bond acceptors (Lipinski definition) is 3. The molecule has 2 N–H and O–H groups in total. The van der Waals surface area contributed by atoms with E-state index in [9.17, 15) is 5.11 Å². The normalized spacial score (nSPS) is 10.7. The summed E-state index contributed by atoms with van der Waals surface area (Å²) in [5.41, 5.74) is 0.741. The van der Waals surface area contributed by atoms with Gasteiger partial charge in [-0.25, -0.2) is 0 Å². The van der Waals surface area contributed by atoms with Crippen LogP contribution in [0.1, 0.15) is 10.4 Å². The Balaban J connectivity index is 1.94. The fourth-order valence-electron chi connectivity index (χ4n) is 1.48. The minimum Gasteiger partial charge on any atom is -0.508 e. The fraction of sp³-hybridized carbons (Fsp3) is 0.167. The summed E-state index contributed by atoms with van der Waals surface area (Å²) in [5.74, 6) is 0.234. The number of halogens is 2. The van der Waals surface area contributed by atoms with Crippen molar-refractivity contribution < 1.29 is 5.11 Å². The monoisotopic (exact) mass is 331 g/mol. The molecule has 0 saturated carbocycles. The lowest BCUT2D eigenvalue weighted by atomic mass is 10.2. The van der Waals surface area contributed by atoms with Crippen molar-refractivity contribution in [2.75, 3.05) is 0 Å². The Morgan fingerprint density at radius 2 is 2.06 bits per heavy atom. The number of nitrogens with one attached hydrogen (secondary N) is 1. The lowest BCUT2D eigenvalue weighted by molar-refractivity contribution is 0.464. The van der Waals surface area contributed by atoms with Crippen LogP contribution in [0.25, 0.3) is 0 Å². The molecule has 0 amide bonds. The van der Waals surface area contributed by atoms with Crippen molar-refractivity contribution in [2.24, 2.45) is 0 Å². The summed E-state index contributed by atoms with van der Waals surface area (Å²) in [7, 11) is 0. The van der Waals surface area contributed by atoms with Gasteiger partial charge in [-0.15, -0.1) is 11.3 Å². The molecule has 1 aromatic carbocycles. The summed E-state index contributed by atoms with van der Waals surface area (Å²) >= 11 is 11.1. The van der Waals surface area contributed by atoms with E-state index in [1.54, 1.807) is 29.5 Å². The van der Waals surface area contributed by atoms with Gasteiger partial charge in [-0.1, -0.05) is 17.7 Å². The largest absolute Gasteiger partial charge is 0.508 e. The molecule has 1 aromatic heterocycles. The standard InChI is InChI=1S/C12H11BrClNOS/c13-12-5-4-8(17-12)6-15-7-9-10(14)2-1-3-11(9)16/h1-5,15-16H,6-7H2. The van der Waals surface area contributed by atoms with Gasteiger partial charge in [-0.05, 0) is 40.2 Å². The number of benzene rings is 1. The highest BCUT2D eigenvalue weighted by molar-refractivity contribution is 9.11. The van der Waals surface area contributed by atoms with Crippen LogP contribution < -0.4 is 5.32 Å². The van der Waals surface area contributed by atoms with Gasteiger partial charge in [0.1, 0.15) is 5.75 Å². The third-order valence-corrected chi connectivity index (χ3v) is 4.30. The molecular formula is C12H11BrClNOS. The number of aromatic hydroxyl groups is 1. The van der Waals surface area contributed by atoms with Crippen LogP contribution in [0.4, 0.5) is 0 Å². The predicted octanol–water partition coefficient (Wildman–Crippen LogP) is 4.16. The van der Waals surface area contributed by atoms with E-state index in [2.05, 4.69) is 27.3 Å². The summed E-state index contributed by atoms with van der Waals surface area (Å²) in [5, 5.41) is 13.5. The zero-order valence-electron chi connectivity index (χ0n) is 8.91. The second-order valence-electron chi connectivity index (χ2n) is 3.55. The third-order valence-electron chi connectivity index (χ3n) is 2.32. The molecule has 0 saturated heterocycles. The average Bonchev–Trinajstić information content (AvgIpc) is 2.69. The maximum Gasteiger partial charge on any atom is 0.121 e. The van der Waals surface area contributed by atoms with Crippen molar-refractivity contribution in [1.29, 1.82) is 0 Å². The number of phenols is 1. The van der Waals surface area contributed by atoms with Crippen molar-refractivity contribution in [3.8, 4) is 5.75 Å². The summed E-state index contributed by atoms with van der Waals surface area (Å²) in [6, 6.07) is 9.24. The second kappa shape index (κ2) is 5.87. The number of rotatable bonds is 4. The van der Waals surface area contributed by atoms with Crippen LogP contribution >= 0.6 is 38.9 Å². The van der Waals surface area contributed by atoms with Crippen molar-refractivity contribution >= 4 is 38.9 Å². The summed E-state index contributed by atoms with van der Waals surface area (Å²) in [6.07, 6.45) is 0. The Hall–Kier alpha value is -0.550. The first-order valence-corrected chi connectivity index (χ1v) is 7.07. The molecule has 1 heterocycles. The van der Waals surface area contributed by atoms with Gasteiger partial charge in [0, 0.05) is 28.6 Å². The highest BCUT2D eigenvalue weighted by atomic mass is 79.9. The van der Waals surface area contributed by atoms with E-state index < -0.39 is 0 Å². The van der Waals surface area contributed by atoms with E-state index in [4.69, 9.17) is 11.6 Å². The van der Waals surface area contributed by atoms with Crippen molar-refractivity contribution in [2.45, 2.75) is 13.1 Å². The number of thiophene rings is 1. The lowest BCUT2D eigenvalue weighted by Gasteiger charge is -2.07. The maximum absolute atomic E-state index is 9.66. The van der Waals surface area contributed by atoms with Crippen LogP contribution in [0, 0.1) is 0 Å². The van der Waals surface area contributed by atoms with E-state index in [1.807, 2.05) is 6.07 Å².